The predicted octanol–water partition coefficient (Wildman–Crippen LogP) is 2.91. The number of benzene rings is 1. The molecule has 4 heteroatoms. The first kappa shape index (κ1) is 13.5. The molecule has 0 fully saturated rings. The van der Waals surface area contributed by atoms with Gasteiger partial charge in [-0.15, -0.1) is 0 Å². The zero-order chi connectivity index (χ0) is 13.8. The Hall–Kier alpha value is -1.94. The number of furan rings is 1. The number of ether oxygens (including phenoxy) is 2. The van der Waals surface area contributed by atoms with Crippen LogP contribution in [0.15, 0.2) is 34.9 Å². The average Bonchev–Trinajstić information content (AvgIpc) is 2.86. The predicted molar refractivity (Wildman–Crippen MR) is 73.9 cm³/mol. The van der Waals surface area contributed by atoms with Gasteiger partial charge in [0.2, 0.25) is 0 Å². The highest BCUT2D eigenvalue weighted by atomic mass is 16.5. The van der Waals surface area contributed by atoms with E-state index in [1.807, 2.05) is 38.2 Å². The third kappa shape index (κ3) is 2.74. The summed E-state index contributed by atoms with van der Waals surface area (Å²) in [4.78, 5) is 0. The topological polar surface area (TPSA) is 43.6 Å². The number of methoxy groups -OCH3 is 2. The molecule has 0 aliphatic carbocycles. The summed E-state index contributed by atoms with van der Waals surface area (Å²) in [6, 6.07) is 7.99. The van der Waals surface area contributed by atoms with Crippen LogP contribution >= 0.6 is 0 Å². The highest BCUT2D eigenvalue weighted by Gasteiger charge is 2.16. The van der Waals surface area contributed by atoms with Crippen LogP contribution in [0.3, 0.4) is 0 Å². The van der Waals surface area contributed by atoms with Crippen molar-refractivity contribution in [2.75, 3.05) is 21.3 Å². The van der Waals surface area contributed by atoms with E-state index < -0.39 is 0 Å². The second kappa shape index (κ2) is 5.80. The van der Waals surface area contributed by atoms with Crippen LogP contribution in [-0.4, -0.2) is 21.3 Å². The van der Waals surface area contributed by atoms with Crippen LogP contribution in [-0.2, 0) is 0 Å². The number of rotatable bonds is 5. The lowest BCUT2D eigenvalue weighted by Crippen LogP contribution is -2.17. The summed E-state index contributed by atoms with van der Waals surface area (Å²) in [6.07, 6.45) is 1.77. The van der Waals surface area contributed by atoms with Crippen LogP contribution in [0.4, 0.5) is 0 Å². The molecule has 2 aromatic rings. The lowest BCUT2D eigenvalue weighted by Gasteiger charge is -2.17. The van der Waals surface area contributed by atoms with Crippen molar-refractivity contribution in [2.45, 2.75) is 13.0 Å². The Bertz CT molecular complexity index is 548. The fourth-order valence-corrected chi connectivity index (χ4v) is 2.17. The first-order valence-electron chi connectivity index (χ1n) is 6.13. The van der Waals surface area contributed by atoms with Crippen molar-refractivity contribution in [3.63, 3.8) is 0 Å². The molecule has 2 rings (SSSR count). The van der Waals surface area contributed by atoms with Crippen molar-refractivity contribution >= 4 is 0 Å². The molecule has 1 atom stereocenters. The molecule has 0 bridgehead atoms. The van der Waals surface area contributed by atoms with E-state index in [2.05, 4.69) is 5.32 Å². The maximum atomic E-state index is 5.37. The van der Waals surface area contributed by atoms with E-state index in [9.17, 15) is 0 Å². The molecule has 1 N–H and O–H groups in total. The summed E-state index contributed by atoms with van der Waals surface area (Å²) in [5.41, 5.74) is 2.19. The van der Waals surface area contributed by atoms with Gasteiger partial charge >= 0.3 is 0 Å². The molecule has 1 aromatic heterocycles. The van der Waals surface area contributed by atoms with Gasteiger partial charge in [-0.2, -0.15) is 0 Å². The summed E-state index contributed by atoms with van der Waals surface area (Å²) in [5, 5.41) is 3.28. The zero-order valence-electron chi connectivity index (χ0n) is 11.7. The van der Waals surface area contributed by atoms with E-state index in [-0.39, 0.29) is 6.04 Å². The van der Waals surface area contributed by atoms with Crippen LogP contribution in [0.5, 0.6) is 11.5 Å². The second-order valence-corrected chi connectivity index (χ2v) is 4.33. The first-order valence-corrected chi connectivity index (χ1v) is 6.13. The van der Waals surface area contributed by atoms with E-state index in [1.54, 1.807) is 20.5 Å². The number of aryl methyl sites for hydroxylation is 1. The van der Waals surface area contributed by atoms with Gasteiger partial charge < -0.3 is 19.2 Å². The van der Waals surface area contributed by atoms with Gasteiger partial charge in [0, 0.05) is 5.56 Å². The minimum Gasteiger partial charge on any atom is -0.493 e. The van der Waals surface area contributed by atoms with Crippen molar-refractivity contribution < 1.29 is 13.9 Å². The fourth-order valence-electron chi connectivity index (χ4n) is 2.17. The monoisotopic (exact) mass is 261 g/mol. The highest BCUT2D eigenvalue weighted by Crippen LogP contribution is 2.32. The largest absolute Gasteiger partial charge is 0.493 e. The molecule has 0 saturated heterocycles. The molecule has 1 unspecified atom stereocenters. The third-order valence-electron chi connectivity index (χ3n) is 3.11. The third-order valence-corrected chi connectivity index (χ3v) is 3.11. The molecule has 1 heterocycles. The molecule has 0 aliphatic heterocycles. The molecule has 0 amide bonds. The number of hydrogen-bond donors (Lipinski definition) is 1. The van der Waals surface area contributed by atoms with Gasteiger partial charge in [0.15, 0.2) is 11.5 Å². The lowest BCUT2D eigenvalue weighted by molar-refractivity contribution is 0.354. The molecule has 4 nitrogen and oxygen atoms in total. The van der Waals surface area contributed by atoms with E-state index in [1.165, 1.54) is 0 Å². The maximum Gasteiger partial charge on any atom is 0.161 e. The van der Waals surface area contributed by atoms with Gasteiger partial charge in [0.1, 0.15) is 5.76 Å². The Balaban J connectivity index is 2.38. The Morgan fingerprint density at radius 1 is 1.05 bits per heavy atom. The summed E-state index contributed by atoms with van der Waals surface area (Å²) in [5.74, 6) is 2.35. The fraction of sp³-hybridized carbons (Fsp3) is 0.333. The molecular formula is C15H19NO3. The summed E-state index contributed by atoms with van der Waals surface area (Å²) in [6.45, 7) is 1.94. The molecule has 0 radical (unpaired) electrons. The molecule has 19 heavy (non-hydrogen) atoms. The van der Waals surface area contributed by atoms with E-state index in [0.29, 0.717) is 0 Å². The smallest absolute Gasteiger partial charge is 0.161 e. The Labute approximate surface area is 113 Å². The summed E-state index contributed by atoms with van der Waals surface area (Å²) >= 11 is 0. The molecule has 0 aliphatic rings. The van der Waals surface area contributed by atoms with Crippen LogP contribution in [0, 0.1) is 6.92 Å². The molecule has 1 aromatic carbocycles. The number of nitrogens with one attached hydrogen (secondary N) is 1. The molecule has 0 saturated carbocycles. The quantitative estimate of drug-likeness (QED) is 0.898. The normalized spacial score (nSPS) is 12.2. The highest BCUT2D eigenvalue weighted by molar-refractivity contribution is 5.45. The summed E-state index contributed by atoms with van der Waals surface area (Å²) in [7, 11) is 5.19. The Morgan fingerprint density at radius 3 is 2.32 bits per heavy atom. The summed E-state index contributed by atoms with van der Waals surface area (Å²) < 4.78 is 16.0. The van der Waals surface area contributed by atoms with Gasteiger partial charge in [-0.05, 0) is 37.7 Å². The zero-order valence-corrected chi connectivity index (χ0v) is 11.7. The van der Waals surface area contributed by atoms with Crippen LogP contribution in [0.25, 0.3) is 0 Å². The van der Waals surface area contributed by atoms with Gasteiger partial charge in [-0.3, -0.25) is 0 Å². The van der Waals surface area contributed by atoms with Crippen LogP contribution in [0.1, 0.15) is 22.9 Å². The molecule has 102 valence electrons. The maximum absolute atomic E-state index is 5.37. The van der Waals surface area contributed by atoms with Crippen molar-refractivity contribution in [1.82, 2.24) is 5.32 Å². The van der Waals surface area contributed by atoms with Crippen LogP contribution < -0.4 is 14.8 Å². The van der Waals surface area contributed by atoms with Crippen molar-refractivity contribution in [2.24, 2.45) is 0 Å². The minimum atomic E-state index is 0.0669. The first-order chi connectivity index (χ1) is 9.19. The van der Waals surface area contributed by atoms with E-state index in [4.69, 9.17) is 13.9 Å². The second-order valence-electron chi connectivity index (χ2n) is 4.33. The van der Waals surface area contributed by atoms with Gasteiger partial charge in [-0.1, -0.05) is 6.07 Å². The minimum absolute atomic E-state index is 0.0669. The number of hydrogen-bond acceptors (Lipinski definition) is 4. The lowest BCUT2D eigenvalue weighted by atomic mass is 10.0. The van der Waals surface area contributed by atoms with Gasteiger partial charge in [0.25, 0.3) is 0 Å². The van der Waals surface area contributed by atoms with Gasteiger partial charge in [0.05, 0.1) is 26.5 Å². The van der Waals surface area contributed by atoms with Crippen molar-refractivity contribution in [3.8, 4) is 11.5 Å². The molecular weight excluding hydrogens is 242 g/mol. The Morgan fingerprint density at radius 2 is 1.79 bits per heavy atom. The Kier molecular flexibility index (Phi) is 4.12. The van der Waals surface area contributed by atoms with E-state index in [0.717, 1.165) is 28.4 Å². The standard InChI is InChI=1S/C15H19NO3/c1-10-7-12(9-19-10)15(16-2)11-5-6-13(17-3)14(8-11)18-4/h5-9,15-16H,1-4H3. The average molecular weight is 261 g/mol. The van der Waals surface area contributed by atoms with Gasteiger partial charge in [-0.25, -0.2) is 0 Å². The SMILES string of the molecule is CNC(c1coc(C)c1)c1ccc(OC)c(OC)c1. The molecule has 0 spiro atoms. The van der Waals surface area contributed by atoms with Crippen molar-refractivity contribution in [1.29, 1.82) is 0 Å². The van der Waals surface area contributed by atoms with Crippen molar-refractivity contribution in [3.05, 3.63) is 47.4 Å². The van der Waals surface area contributed by atoms with Crippen LogP contribution in [0.2, 0.25) is 0 Å². The van der Waals surface area contributed by atoms with E-state index >= 15 is 0 Å².